The lowest BCUT2D eigenvalue weighted by Gasteiger charge is -2.13. The molecule has 1 heterocycles. The number of benzene rings is 2. The highest BCUT2D eigenvalue weighted by atomic mass is 19.4. The Labute approximate surface area is 134 Å². The Morgan fingerprint density at radius 3 is 2.43 bits per heavy atom. The van der Waals surface area contributed by atoms with Crippen LogP contribution >= 0.6 is 0 Å². The maximum atomic E-state index is 12.6. The second-order valence-electron chi connectivity index (χ2n) is 6.25. The fourth-order valence-corrected chi connectivity index (χ4v) is 3.03. The van der Waals surface area contributed by atoms with E-state index in [-0.39, 0.29) is 6.04 Å². The Bertz CT molecular complexity index is 689. The van der Waals surface area contributed by atoms with Gasteiger partial charge in [0, 0.05) is 5.69 Å². The van der Waals surface area contributed by atoms with Gasteiger partial charge in [0.1, 0.15) is 0 Å². The molecule has 1 aliphatic rings. The van der Waals surface area contributed by atoms with E-state index in [2.05, 4.69) is 37.4 Å². The molecule has 122 valence electrons. The standard InChI is InChI=1S/C19H20F3N/c1-3-12(2)14-6-9-17-15(10-14)11-18(23-17)13-4-7-16(8-5-13)19(20,21)22/h4-10,12,18,23H,3,11H2,1-2H3. The van der Waals surface area contributed by atoms with Crippen molar-refractivity contribution in [3.8, 4) is 0 Å². The topological polar surface area (TPSA) is 12.0 Å². The van der Waals surface area contributed by atoms with Gasteiger partial charge >= 0.3 is 6.18 Å². The summed E-state index contributed by atoms with van der Waals surface area (Å²) < 4.78 is 37.9. The first kappa shape index (κ1) is 15.9. The van der Waals surface area contributed by atoms with E-state index in [1.807, 2.05) is 0 Å². The number of rotatable bonds is 3. The van der Waals surface area contributed by atoms with Crippen LogP contribution in [0, 0.1) is 0 Å². The van der Waals surface area contributed by atoms with Gasteiger partial charge in [0.25, 0.3) is 0 Å². The predicted molar refractivity (Wildman–Crippen MR) is 86.7 cm³/mol. The first-order chi connectivity index (χ1) is 10.9. The van der Waals surface area contributed by atoms with Crippen molar-refractivity contribution in [2.24, 2.45) is 0 Å². The molecule has 0 radical (unpaired) electrons. The van der Waals surface area contributed by atoms with Crippen LogP contribution < -0.4 is 5.32 Å². The van der Waals surface area contributed by atoms with Gasteiger partial charge in [-0.3, -0.25) is 0 Å². The largest absolute Gasteiger partial charge is 0.416 e. The number of hydrogen-bond donors (Lipinski definition) is 1. The molecule has 0 aromatic heterocycles. The van der Waals surface area contributed by atoms with E-state index in [0.717, 1.165) is 36.2 Å². The van der Waals surface area contributed by atoms with Gasteiger partial charge in [-0.05, 0) is 53.6 Å². The van der Waals surface area contributed by atoms with Gasteiger partial charge < -0.3 is 5.32 Å². The summed E-state index contributed by atoms with van der Waals surface area (Å²) in [6, 6.07) is 11.9. The molecule has 0 fully saturated rings. The lowest BCUT2D eigenvalue weighted by molar-refractivity contribution is -0.137. The van der Waals surface area contributed by atoms with Gasteiger partial charge in [-0.1, -0.05) is 38.1 Å². The van der Waals surface area contributed by atoms with Crippen LogP contribution in [0.2, 0.25) is 0 Å². The van der Waals surface area contributed by atoms with Crippen LogP contribution in [-0.4, -0.2) is 0 Å². The first-order valence-electron chi connectivity index (χ1n) is 7.95. The summed E-state index contributed by atoms with van der Waals surface area (Å²) in [5.41, 5.74) is 3.94. The Hall–Kier alpha value is -1.97. The lowest BCUT2D eigenvalue weighted by Crippen LogP contribution is -2.08. The fourth-order valence-electron chi connectivity index (χ4n) is 3.03. The van der Waals surface area contributed by atoms with Crippen molar-refractivity contribution in [1.29, 1.82) is 0 Å². The summed E-state index contributed by atoms with van der Waals surface area (Å²) in [5.74, 6) is 0.519. The molecule has 1 nitrogen and oxygen atoms in total. The highest BCUT2D eigenvalue weighted by Gasteiger charge is 2.30. The Morgan fingerprint density at radius 2 is 1.83 bits per heavy atom. The maximum absolute atomic E-state index is 12.6. The summed E-state index contributed by atoms with van der Waals surface area (Å²) >= 11 is 0. The molecular formula is C19H20F3N. The Kier molecular flexibility index (Phi) is 4.09. The molecule has 0 amide bonds. The van der Waals surface area contributed by atoms with E-state index in [0.29, 0.717) is 5.92 Å². The van der Waals surface area contributed by atoms with Crippen molar-refractivity contribution in [2.45, 2.75) is 44.8 Å². The van der Waals surface area contributed by atoms with Gasteiger partial charge in [0.05, 0.1) is 11.6 Å². The van der Waals surface area contributed by atoms with Crippen LogP contribution in [0.5, 0.6) is 0 Å². The normalized spacial score (nSPS) is 18.4. The molecule has 4 heteroatoms. The quantitative estimate of drug-likeness (QED) is 0.739. The van der Waals surface area contributed by atoms with Crippen LogP contribution in [0.4, 0.5) is 18.9 Å². The molecule has 2 unspecified atom stereocenters. The van der Waals surface area contributed by atoms with Crippen LogP contribution in [0.3, 0.4) is 0 Å². The molecule has 0 bridgehead atoms. The van der Waals surface area contributed by atoms with Crippen molar-refractivity contribution in [3.05, 3.63) is 64.7 Å². The molecule has 2 aromatic carbocycles. The molecule has 0 saturated heterocycles. The van der Waals surface area contributed by atoms with Crippen molar-refractivity contribution < 1.29 is 13.2 Å². The van der Waals surface area contributed by atoms with Gasteiger partial charge in [0.2, 0.25) is 0 Å². The molecule has 0 spiro atoms. The summed E-state index contributed by atoms with van der Waals surface area (Å²) in [6.45, 7) is 4.37. The summed E-state index contributed by atoms with van der Waals surface area (Å²) in [7, 11) is 0. The van der Waals surface area contributed by atoms with E-state index < -0.39 is 11.7 Å². The minimum atomic E-state index is -4.28. The van der Waals surface area contributed by atoms with E-state index in [4.69, 9.17) is 0 Å². The van der Waals surface area contributed by atoms with Gasteiger partial charge in [-0.2, -0.15) is 13.2 Å². The van der Waals surface area contributed by atoms with Crippen LogP contribution in [0.25, 0.3) is 0 Å². The zero-order valence-corrected chi connectivity index (χ0v) is 13.2. The van der Waals surface area contributed by atoms with E-state index >= 15 is 0 Å². The van der Waals surface area contributed by atoms with Crippen molar-refractivity contribution in [1.82, 2.24) is 0 Å². The predicted octanol–water partition coefficient (Wildman–Crippen LogP) is 5.93. The minimum absolute atomic E-state index is 0.0412. The molecule has 23 heavy (non-hydrogen) atoms. The average Bonchev–Trinajstić information content (AvgIpc) is 2.96. The number of nitrogens with one attached hydrogen (secondary N) is 1. The van der Waals surface area contributed by atoms with E-state index in [1.165, 1.54) is 11.1 Å². The Balaban J connectivity index is 1.79. The van der Waals surface area contributed by atoms with Crippen LogP contribution in [0.15, 0.2) is 42.5 Å². The number of fused-ring (bicyclic) bond motifs is 1. The third-order valence-electron chi connectivity index (χ3n) is 4.70. The fraction of sp³-hybridized carbons (Fsp3) is 0.368. The number of halogens is 3. The van der Waals surface area contributed by atoms with Crippen molar-refractivity contribution in [3.63, 3.8) is 0 Å². The number of alkyl halides is 3. The Morgan fingerprint density at radius 1 is 1.13 bits per heavy atom. The highest BCUT2D eigenvalue weighted by molar-refractivity contribution is 5.59. The van der Waals surface area contributed by atoms with Crippen LogP contribution in [0.1, 0.15) is 54.5 Å². The molecule has 1 aliphatic heterocycles. The number of anilines is 1. The molecule has 3 rings (SSSR count). The summed E-state index contributed by atoms with van der Waals surface area (Å²) in [6.07, 6.45) is -2.38. The molecule has 0 saturated carbocycles. The second kappa shape index (κ2) is 5.91. The van der Waals surface area contributed by atoms with Gasteiger partial charge in [-0.25, -0.2) is 0 Å². The van der Waals surface area contributed by atoms with Crippen molar-refractivity contribution >= 4 is 5.69 Å². The SMILES string of the molecule is CCC(C)c1ccc2c(c1)CC(c1ccc(C(F)(F)F)cc1)N2. The summed E-state index contributed by atoms with van der Waals surface area (Å²) in [5, 5.41) is 3.41. The average molecular weight is 319 g/mol. The lowest BCUT2D eigenvalue weighted by atomic mass is 9.95. The highest BCUT2D eigenvalue weighted by Crippen LogP contribution is 2.37. The second-order valence-corrected chi connectivity index (χ2v) is 6.25. The van der Waals surface area contributed by atoms with Gasteiger partial charge in [0.15, 0.2) is 0 Å². The minimum Gasteiger partial charge on any atom is -0.378 e. The zero-order chi connectivity index (χ0) is 16.6. The zero-order valence-electron chi connectivity index (χ0n) is 13.2. The van der Waals surface area contributed by atoms with E-state index in [1.54, 1.807) is 12.1 Å². The third-order valence-corrected chi connectivity index (χ3v) is 4.70. The first-order valence-corrected chi connectivity index (χ1v) is 7.95. The number of hydrogen-bond acceptors (Lipinski definition) is 1. The summed E-state index contributed by atoms with van der Waals surface area (Å²) in [4.78, 5) is 0. The third kappa shape index (κ3) is 3.21. The smallest absolute Gasteiger partial charge is 0.378 e. The van der Waals surface area contributed by atoms with Crippen LogP contribution in [-0.2, 0) is 12.6 Å². The molecule has 1 N–H and O–H groups in total. The van der Waals surface area contributed by atoms with Crippen molar-refractivity contribution in [2.75, 3.05) is 5.32 Å². The molecule has 0 aliphatic carbocycles. The molecule has 2 atom stereocenters. The monoisotopic (exact) mass is 319 g/mol. The molecular weight excluding hydrogens is 299 g/mol. The van der Waals surface area contributed by atoms with E-state index in [9.17, 15) is 13.2 Å². The molecule has 2 aromatic rings. The van der Waals surface area contributed by atoms with Gasteiger partial charge in [-0.15, -0.1) is 0 Å². The maximum Gasteiger partial charge on any atom is 0.416 e.